The second-order valence-corrected chi connectivity index (χ2v) is 11.9. The van der Waals surface area contributed by atoms with Gasteiger partial charge in [-0.3, -0.25) is 4.79 Å². The number of aryl methyl sites for hydroxylation is 1. The van der Waals surface area contributed by atoms with Gasteiger partial charge in [0.2, 0.25) is 0 Å². The van der Waals surface area contributed by atoms with Gasteiger partial charge in [-0.1, -0.05) is 6.07 Å². The summed E-state index contributed by atoms with van der Waals surface area (Å²) in [7, 11) is -0.0188. The van der Waals surface area contributed by atoms with E-state index in [0.29, 0.717) is 52.4 Å². The Labute approximate surface area is 213 Å². The minimum Gasteiger partial charge on any atom is -0.493 e. The number of benzene rings is 1. The van der Waals surface area contributed by atoms with Gasteiger partial charge >= 0.3 is 0 Å². The Morgan fingerprint density at radius 2 is 2.00 bits per heavy atom. The molecule has 5 rings (SSSR count). The van der Waals surface area contributed by atoms with Gasteiger partial charge in [-0.2, -0.15) is 5.10 Å². The number of methoxy groups -OCH3 is 2. The molecule has 1 aliphatic rings. The Hall–Kier alpha value is -3.44. The highest BCUT2D eigenvalue weighted by Gasteiger charge is 2.32. The Bertz CT molecular complexity index is 1540. The van der Waals surface area contributed by atoms with Crippen LogP contribution in [0.15, 0.2) is 41.8 Å². The number of aromatic nitrogens is 3. The first-order valence-electron chi connectivity index (χ1n) is 11.4. The zero-order valence-electron chi connectivity index (χ0n) is 20.1. The molecule has 11 heteroatoms. The van der Waals surface area contributed by atoms with E-state index in [1.807, 2.05) is 30.5 Å². The molecular weight excluding hydrogens is 500 g/mol. The average molecular weight is 527 g/mol. The molecule has 3 aromatic heterocycles. The second-order valence-electron chi connectivity index (χ2n) is 8.67. The van der Waals surface area contributed by atoms with Crippen molar-refractivity contribution in [2.75, 3.05) is 25.7 Å². The fraction of sp³-hybridized carbons (Fsp3) is 0.320. The molecule has 0 spiro atoms. The highest BCUT2D eigenvalue weighted by molar-refractivity contribution is 7.91. The van der Waals surface area contributed by atoms with E-state index in [0.717, 1.165) is 10.4 Å². The van der Waals surface area contributed by atoms with E-state index in [1.54, 1.807) is 48.4 Å². The maximum Gasteiger partial charge on any atom is 0.252 e. The van der Waals surface area contributed by atoms with Crippen LogP contribution in [-0.4, -0.2) is 54.8 Å². The first kappa shape index (κ1) is 24.3. The number of nitrogens with zero attached hydrogens (tertiary/aromatic N) is 3. The van der Waals surface area contributed by atoms with Gasteiger partial charge in [0.1, 0.15) is 0 Å². The molecule has 0 saturated carbocycles. The molecule has 4 aromatic rings. The third kappa shape index (κ3) is 4.56. The number of carbonyl (C=O) groups excluding carboxylic acids is 1. The van der Waals surface area contributed by atoms with Crippen LogP contribution in [0.4, 0.5) is 0 Å². The topological polar surface area (TPSA) is 112 Å². The maximum absolute atomic E-state index is 13.4. The van der Waals surface area contributed by atoms with Crippen molar-refractivity contribution in [3.05, 3.63) is 57.9 Å². The molecule has 9 nitrogen and oxygen atoms in total. The van der Waals surface area contributed by atoms with Crippen LogP contribution in [0.3, 0.4) is 0 Å². The first-order chi connectivity index (χ1) is 17.3. The minimum absolute atomic E-state index is 0.00535. The van der Waals surface area contributed by atoms with Gasteiger partial charge in [0.15, 0.2) is 27.0 Å². The Morgan fingerprint density at radius 1 is 1.19 bits per heavy atom. The van der Waals surface area contributed by atoms with Gasteiger partial charge in [0, 0.05) is 10.4 Å². The standard InChI is InChI=1S/C25H26N4O5S2/c1-15-23-19(25(30)26-13-18-5-4-9-35-18)12-20(16-6-7-21(33-2)22(11-16)34-3)27-24(23)29(28-15)17-8-10-36(31,32)14-17/h4-7,9,11-12,17H,8,10,13-14H2,1-3H3,(H,26,30). The lowest BCUT2D eigenvalue weighted by molar-refractivity contribution is 0.0953. The summed E-state index contributed by atoms with van der Waals surface area (Å²) in [5, 5.41) is 10.2. The van der Waals surface area contributed by atoms with E-state index in [9.17, 15) is 13.2 Å². The summed E-state index contributed by atoms with van der Waals surface area (Å²) in [6, 6.07) is 10.7. The second kappa shape index (κ2) is 9.55. The lowest BCUT2D eigenvalue weighted by atomic mass is 10.0. The highest BCUT2D eigenvalue weighted by Crippen LogP contribution is 2.35. The molecule has 1 N–H and O–H groups in total. The average Bonchev–Trinajstić information content (AvgIpc) is 3.60. The van der Waals surface area contributed by atoms with Crippen LogP contribution in [0, 0.1) is 6.92 Å². The van der Waals surface area contributed by atoms with E-state index in [1.165, 1.54) is 0 Å². The molecule has 36 heavy (non-hydrogen) atoms. The van der Waals surface area contributed by atoms with Crippen molar-refractivity contribution >= 4 is 38.1 Å². The zero-order chi connectivity index (χ0) is 25.4. The van der Waals surface area contributed by atoms with Gasteiger partial charge in [0.25, 0.3) is 5.91 Å². The number of nitrogens with one attached hydrogen (secondary N) is 1. The first-order valence-corrected chi connectivity index (χ1v) is 14.1. The summed E-state index contributed by atoms with van der Waals surface area (Å²) in [4.78, 5) is 19.3. The number of thiophene rings is 1. The number of fused-ring (bicyclic) bond motifs is 1. The predicted molar refractivity (Wildman–Crippen MR) is 139 cm³/mol. The normalized spacial score (nSPS) is 16.8. The number of amides is 1. The summed E-state index contributed by atoms with van der Waals surface area (Å²) >= 11 is 1.57. The Morgan fingerprint density at radius 3 is 2.67 bits per heavy atom. The lowest BCUT2D eigenvalue weighted by Crippen LogP contribution is -2.23. The van der Waals surface area contributed by atoms with E-state index in [-0.39, 0.29) is 23.5 Å². The summed E-state index contributed by atoms with van der Waals surface area (Å²) in [6.07, 6.45) is 0.459. The molecular formula is C25H26N4O5S2. The van der Waals surface area contributed by atoms with E-state index in [2.05, 4.69) is 10.4 Å². The third-order valence-electron chi connectivity index (χ3n) is 6.32. The van der Waals surface area contributed by atoms with Gasteiger partial charge in [-0.05, 0) is 49.1 Å². The molecule has 0 bridgehead atoms. The third-order valence-corrected chi connectivity index (χ3v) is 8.95. The minimum atomic E-state index is -3.14. The number of rotatable bonds is 7. The van der Waals surface area contributed by atoms with Crippen molar-refractivity contribution in [3.8, 4) is 22.8 Å². The molecule has 1 amide bonds. The summed E-state index contributed by atoms with van der Waals surface area (Å²) in [6.45, 7) is 2.22. The number of carbonyl (C=O) groups is 1. The molecule has 0 radical (unpaired) electrons. The molecule has 1 unspecified atom stereocenters. The quantitative estimate of drug-likeness (QED) is 0.390. The van der Waals surface area contributed by atoms with Crippen molar-refractivity contribution in [1.82, 2.24) is 20.1 Å². The molecule has 1 atom stereocenters. The van der Waals surface area contributed by atoms with Crippen LogP contribution in [0.1, 0.15) is 33.4 Å². The SMILES string of the molecule is COc1ccc(-c2cc(C(=O)NCc3cccs3)c3c(C)nn(C4CCS(=O)(=O)C4)c3n2)cc1OC. The molecule has 1 aliphatic heterocycles. The van der Waals surface area contributed by atoms with Crippen molar-refractivity contribution in [1.29, 1.82) is 0 Å². The molecule has 4 heterocycles. The Balaban J connectivity index is 1.65. The largest absolute Gasteiger partial charge is 0.493 e. The summed E-state index contributed by atoms with van der Waals surface area (Å²) < 4.78 is 36.9. The van der Waals surface area contributed by atoms with Crippen LogP contribution < -0.4 is 14.8 Å². The number of pyridine rings is 1. The van der Waals surface area contributed by atoms with Crippen molar-refractivity contribution < 1.29 is 22.7 Å². The number of ether oxygens (including phenoxy) is 2. The molecule has 0 aliphatic carbocycles. The molecule has 1 saturated heterocycles. The van der Waals surface area contributed by atoms with E-state index < -0.39 is 9.84 Å². The number of hydrogen-bond acceptors (Lipinski definition) is 8. The molecule has 1 fully saturated rings. The van der Waals surface area contributed by atoms with Crippen LogP contribution in [0.25, 0.3) is 22.3 Å². The van der Waals surface area contributed by atoms with Gasteiger partial charge in [-0.15, -0.1) is 11.3 Å². The van der Waals surface area contributed by atoms with Crippen molar-refractivity contribution in [2.45, 2.75) is 25.9 Å². The Kier molecular flexibility index (Phi) is 6.44. The number of sulfone groups is 1. The van der Waals surface area contributed by atoms with Crippen LogP contribution >= 0.6 is 11.3 Å². The fourth-order valence-corrected chi connectivity index (χ4v) is 6.87. The highest BCUT2D eigenvalue weighted by atomic mass is 32.2. The van der Waals surface area contributed by atoms with E-state index >= 15 is 0 Å². The predicted octanol–water partition coefficient (Wildman–Crippen LogP) is 3.78. The van der Waals surface area contributed by atoms with Crippen LogP contribution in [0.5, 0.6) is 11.5 Å². The van der Waals surface area contributed by atoms with E-state index in [4.69, 9.17) is 14.5 Å². The lowest BCUT2D eigenvalue weighted by Gasteiger charge is -2.13. The summed E-state index contributed by atoms with van der Waals surface area (Å²) in [5.74, 6) is 0.979. The van der Waals surface area contributed by atoms with Crippen molar-refractivity contribution in [2.24, 2.45) is 0 Å². The van der Waals surface area contributed by atoms with Crippen molar-refractivity contribution in [3.63, 3.8) is 0 Å². The maximum atomic E-state index is 13.4. The van der Waals surface area contributed by atoms with Gasteiger partial charge in [-0.25, -0.2) is 18.1 Å². The van der Waals surface area contributed by atoms with Gasteiger partial charge in [0.05, 0.1) is 60.6 Å². The van der Waals surface area contributed by atoms with Crippen LogP contribution in [0.2, 0.25) is 0 Å². The monoisotopic (exact) mass is 526 g/mol. The summed E-state index contributed by atoms with van der Waals surface area (Å²) in [5.41, 5.74) is 2.83. The molecule has 188 valence electrons. The fourth-order valence-electron chi connectivity index (χ4n) is 4.53. The van der Waals surface area contributed by atoms with Gasteiger partial charge < -0.3 is 14.8 Å². The zero-order valence-corrected chi connectivity index (χ0v) is 21.8. The van der Waals surface area contributed by atoms with Crippen LogP contribution in [-0.2, 0) is 16.4 Å². The smallest absolute Gasteiger partial charge is 0.252 e. The molecule has 1 aromatic carbocycles. The number of hydrogen-bond donors (Lipinski definition) is 1.